The molecule has 1 unspecified atom stereocenters. The molecular weight excluding hydrogens is 402 g/mol. The minimum atomic E-state index is -0.569. The number of halogens is 1. The van der Waals surface area contributed by atoms with Crippen molar-refractivity contribution in [2.75, 3.05) is 18.8 Å². The van der Waals surface area contributed by atoms with Gasteiger partial charge in [0.05, 0.1) is 11.7 Å². The number of primary amides is 1. The Balaban J connectivity index is 1.67. The van der Waals surface area contributed by atoms with Crippen LogP contribution < -0.4 is 11.5 Å². The number of anilines is 1. The summed E-state index contributed by atoms with van der Waals surface area (Å²) in [6.45, 7) is 4.73. The summed E-state index contributed by atoms with van der Waals surface area (Å²) in [5, 5.41) is 5.49. The number of nitrogens with two attached hydrogens (primary N) is 2. The van der Waals surface area contributed by atoms with Gasteiger partial charge in [0, 0.05) is 24.0 Å². The lowest BCUT2D eigenvalue weighted by Gasteiger charge is -2.32. The molecule has 2 heterocycles. The molecule has 1 aliphatic heterocycles. The zero-order chi connectivity index (χ0) is 21.4. The average Bonchev–Trinajstić information content (AvgIpc) is 3.10. The van der Waals surface area contributed by atoms with Gasteiger partial charge in [0.25, 0.3) is 5.91 Å². The third kappa shape index (κ3) is 3.69. The highest BCUT2D eigenvalue weighted by Crippen LogP contribution is 2.37. The van der Waals surface area contributed by atoms with Gasteiger partial charge in [0.2, 0.25) is 5.91 Å². The van der Waals surface area contributed by atoms with Gasteiger partial charge in [-0.1, -0.05) is 24.2 Å². The molecule has 2 atom stereocenters. The maximum Gasteiger partial charge on any atom is 0.254 e. The Morgan fingerprint density at radius 2 is 2.07 bits per heavy atom. The van der Waals surface area contributed by atoms with Crippen molar-refractivity contribution in [1.82, 2.24) is 14.7 Å². The van der Waals surface area contributed by atoms with E-state index in [9.17, 15) is 9.59 Å². The summed E-state index contributed by atoms with van der Waals surface area (Å²) in [7, 11) is 0. The van der Waals surface area contributed by atoms with Gasteiger partial charge < -0.3 is 16.4 Å². The molecule has 2 amide bonds. The van der Waals surface area contributed by atoms with Crippen LogP contribution in [0.5, 0.6) is 0 Å². The largest absolute Gasteiger partial charge is 0.383 e. The number of aromatic nitrogens is 2. The van der Waals surface area contributed by atoms with E-state index < -0.39 is 5.91 Å². The first kappa shape index (κ1) is 20.5. The predicted molar refractivity (Wildman–Crippen MR) is 116 cm³/mol. The fourth-order valence-corrected chi connectivity index (χ4v) is 4.92. The van der Waals surface area contributed by atoms with Gasteiger partial charge in [-0.05, 0) is 61.4 Å². The number of nitrogen functional groups attached to an aromatic ring is 1. The quantitative estimate of drug-likeness (QED) is 0.731. The maximum atomic E-state index is 12.3. The number of amides is 2. The third-order valence-electron chi connectivity index (χ3n) is 6.23. The van der Waals surface area contributed by atoms with Crippen molar-refractivity contribution >= 4 is 29.2 Å². The van der Waals surface area contributed by atoms with Crippen molar-refractivity contribution < 1.29 is 9.59 Å². The third-order valence-corrected chi connectivity index (χ3v) is 6.47. The second-order valence-corrected chi connectivity index (χ2v) is 8.53. The lowest BCUT2D eigenvalue weighted by molar-refractivity contribution is -0.127. The van der Waals surface area contributed by atoms with E-state index in [4.69, 9.17) is 28.2 Å². The van der Waals surface area contributed by atoms with E-state index in [1.807, 2.05) is 12.1 Å². The number of rotatable bonds is 4. The fraction of sp³-hybridized carbons (Fsp3) is 0.409. The summed E-state index contributed by atoms with van der Waals surface area (Å²) in [4.78, 5) is 26.1. The molecule has 158 valence electrons. The molecule has 1 saturated heterocycles. The van der Waals surface area contributed by atoms with E-state index in [0.29, 0.717) is 29.4 Å². The molecule has 1 aliphatic carbocycles. The normalized spacial score (nSPS) is 21.2. The summed E-state index contributed by atoms with van der Waals surface area (Å²) < 4.78 is 1.70. The van der Waals surface area contributed by atoms with E-state index in [0.717, 1.165) is 32.1 Å². The monoisotopic (exact) mass is 427 g/mol. The van der Waals surface area contributed by atoms with Gasteiger partial charge in [-0.2, -0.15) is 5.10 Å². The van der Waals surface area contributed by atoms with Crippen LogP contribution in [0, 0.1) is 0 Å². The number of nitrogens with zero attached hydrogens (tertiary/aromatic N) is 3. The Kier molecular flexibility index (Phi) is 5.56. The number of fused-ring (bicyclic) bond motifs is 1. The van der Waals surface area contributed by atoms with E-state index in [-0.39, 0.29) is 23.7 Å². The minimum Gasteiger partial charge on any atom is -0.383 e. The number of piperidine rings is 1. The minimum absolute atomic E-state index is 0.0384. The number of carbonyl (C=O) groups excluding carboxylic acids is 2. The molecular formula is C22H26ClN5O2. The van der Waals surface area contributed by atoms with E-state index in [1.165, 1.54) is 17.2 Å². The van der Waals surface area contributed by atoms with Crippen LogP contribution in [0.25, 0.3) is 0 Å². The van der Waals surface area contributed by atoms with Crippen LogP contribution in [0.4, 0.5) is 5.82 Å². The zero-order valence-electron chi connectivity index (χ0n) is 16.8. The first-order chi connectivity index (χ1) is 14.4. The highest BCUT2D eigenvalue weighted by Gasteiger charge is 2.33. The van der Waals surface area contributed by atoms with Gasteiger partial charge in [0.15, 0.2) is 0 Å². The number of hydrogen-bond donors (Lipinski definition) is 2. The standard InChI is InChI=1S/C22H26ClN5O2/c1-2-18(29)27-9-3-4-17(12-27)28-21(24)19(22(25)30)20(26-28)14-6-5-13-7-8-16(23)11-15(13)10-14/h2,7-8,11,14,17H,1,3-6,9-10,12,24H2,(H2,25,30)/t14?,17-/m1/s1. The second-order valence-electron chi connectivity index (χ2n) is 8.09. The highest BCUT2D eigenvalue weighted by atomic mass is 35.5. The predicted octanol–water partition coefficient (Wildman–Crippen LogP) is 2.84. The molecule has 0 saturated carbocycles. The summed E-state index contributed by atoms with van der Waals surface area (Å²) in [5.41, 5.74) is 15.5. The summed E-state index contributed by atoms with van der Waals surface area (Å²) in [6, 6.07) is 5.85. The lowest BCUT2D eigenvalue weighted by Crippen LogP contribution is -2.40. The summed E-state index contributed by atoms with van der Waals surface area (Å²) in [6.07, 6.45) is 5.45. The van der Waals surface area contributed by atoms with Gasteiger partial charge in [-0.25, -0.2) is 4.68 Å². The van der Waals surface area contributed by atoms with Crippen molar-refractivity contribution in [2.24, 2.45) is 5.73 Å². The highest BCUT2D eigenvalue weighted by molar-refractivity contribution is 6.30. The van der Waals surface area contributed by atoms with E-state index >= 15 is 0 Å². The molecule has 2 aromatic rings. The van der Waals surface area contributed by atoms with Gasteiger partial charge in [-0.3, -0.25) is 9.59 Å². The molecule has 30 heavy (non-hydrogen) atoms. The van der Waals surface area contributed by atoms with Gasteiger partial charge in [-0.15, -0.1) is 0 Å². The average molecular weight is 428 g/mol. The number of aryl methyl sites for hydroxylation is 1. The van der Waals surface area contributed by atoms with Gasteiger partial charge in [0.1, 0.15) is 11.4 Å². The number of likely N-dealkylation sites (tertiary alicyclic amines) is 1. The Labute approximate surface area is 180 Å². The van der Waals surface area contributed by atoms with Crippen molar-refractivity contribution in [3.8, 4) is 0 Å². The lowest BCUT2D eigenvalue weighted by atomic mass is 9.81. The molecule has 0 spiro atoms. The second kappa shape index (κ2) is 8.14. The van der Waals surface area contributed by atoms with Crippen LogP contribution in [0.15, 0.2) is 30.9 Å². The molecule has 8 heteroatoms. The number of carbonyl (C=O) groups is 2. The van der Waals surface area contributed by atoms with Crippen molar-refractivity contribution in [2.45, 2.75) is 44.1 Å². The maximum absolute atomic E-state index is 12.3. The smallest absolute Gasteiger partial charge is 0.254 e. The Morgan fingerprint density at radius 1 is 1.27 bits per heavy atom. The molecule has 0 radical (unpaired) electrons. The first-order valence-electron chi connectivity index (χ1n) is 10.2. The molecule has 7 nitrogen and oxygen atoms in total. The Hall–Kier alpha value is -2.80. The van der Waals surface area contributed by atoms with E-state index in [2.05, 4.69) is 12.6 Å². The molecule has 0 bridgehead atoms. The van der Waals surface area contributed by atoms with Crippen LogP contribution in [0.2, 0.25) is 5.02 Å². The van der Waals surface area contributed by atoms with E-state index in [1.54, 1.807) is 9.58 Å². The summed E-state index contributed by atoms with van der Waals surface area (Å²) >= 11 is 6.18. The van der Waals surface area contributed by atoms with Crippen LogP contribution in [0.3, 0.4) is 0 Å². The molecule has 1 aromatic carbocycles. The molecule has 1 fully saturated rings. The zero-order valence-corrected chi connectivity index (χ0v) is 17.6. The summed E-state index contributed by atoms with van der Waals surface area (Å²) in [5.74, 6) is -0.356. The topological polar surface area (TPSA) is 107 Å². The SMILES string of the molecule is C=CC(=O)N1CCC[C@@H](n2nc(C3CCc4ccc(Cl)cc4C3)c(C(N)=O)c2N)C1. The van der Waals surface area contributed by atoms with Crippen LogP contribution in [-0.4, -0.2) is 39.6 Å². The van der Waals surface area contributed by atoms with Crippen molar-refractivity contribution in [3.05, 3.63) is 58.3 Å². The fourth-order valence-electron chi connectivity index (χ4n) is 4.72. The first-order valence-corrected chi connectivity index (χ1v) is 10.6. The van der Waals surface area contributed by atoms with Crippen LogP contribution in [-0.2, 0) is 17.6 Å². The van der Waals surface area contributed by atoms with Crippen molar-refractivity contribution in [1.29, 1.82) is 0 Å². The Morgan fingerprint density at radius 3 is 2.80 bits per heavy atom. The van der Waals surface area contributed by atoms with Gasteiger partial charge >= 0.3 is 0 Å². The van der Waals surface area contributed by atoms with Crippen LogP contribution in [0.1, 0.15) is 58.4 Å². The molecule has 4 N–H and O–H groups in total. The van der Waals surface area contributed by atoms with Crippen LogP contribution >= 0.6 is 11.6 Å². The number of hydrogen-bond acceptors (Lipinski definition) is 4. The number of benzene rings is 1. The molecule has 4 rings (SSSR count). The Bertz CT molecular complexity index is 1020. The molecule has 1 aromatic heterocycles. The molecule has 2 aliphatic rings. The van der Waals surface area contributed by atoms with Crippen molar-refractivity contribution in [3.63, 3.8) is 0 Å².